The van der Waals surface area contributed by atoms with E-state index in [2.05, 4.69) is 22.9 Å². The fourth-order valence-electron chi connectivity index (χ4n) is 0.716. The summed E-state index contributed by atoms with van der Waals surface area (Å²) >= 11 is 3.16. The second-order valence-electron chi connectivity index (χ2n) is 2.41. The summed E-state index contributed by atoms with van der Waals surface area (Å²) in [6, 6.07) is 0. The van der Waals surface area contributed by atoms with Crippen molar-refractivity contribution in [2.45, 2.75) is 33.1 Å². The van der Waals surface area contributed by atoms with Gasteiger partial charge in [-0.2, -0.15) is 0 Å². The van der Waals surface area contributed by atoms with Crippen molar-refractivity contribution in [2.24, 2.45) is 0 Å². The normalized spacial score (nSPS) is 11.4. The molecule has 0 aromatic heterocycles. The molecule has 70 valence electrons. The first kappa shape index (κ1) is 11.7. The summed E-state index contributed by atoms with van der Waals surface area (Å²) in [7, 11) is 0. The molecule has 0 aliphatic carbocycles. The van der Waals surface area contributed by atoms with Crippen molar-refractivity contribution >= 4 is 21.9 Å². The monoisotopic (exact) mass is 234 g/mol. The van der Waals surface area contributed by atoms with E-state index in [-0.39, 0.29) is 5.97 Å². The standard InChI is InChI=1S/C9H15BrO2/c1-3-5-6-7-8(10)9(11)12-4-2/h7H,3-6H2,1-2H3. The topological polar surface area (TPSA) is 26.3 Å². The largest absolute Gasteiger partial charge is 0.462 e. The Hall–Kier alpha value is -0.310. The highest BCUT2D eigenvalue weighted by molar-refractivity contribution is 9.12. The minimum atomic E-state index is -0.270. The van der Waals surface area contributed by atoms with Crippen LogP contribution in [0, 0.1) is 0 Å². The van der Waals surface area contributed by atoms with Gasteiger partial charge < -0.3 is 4.74 Å². The number of hydrogen-bond donors (Lipinski definition) is 0. The lowest BCUT2D eigenvalue weighted by atomic mass is 10.2. The molecule has 0 rings (SSSR count). The molecule has 0 fully saturated rings. The van der Waals surface area contributed by atoms with E-state index in [9.17, 15) is 4.79 Å². The molecule has 0 bridgehead atoms. The van der Waals surface area contributed by atoms with Crippen LogP contribution in [0.2, 0.25) is 0 Å². The van der Waals surface area contributed by atoms with Gasteiger partial charge in [-0.15, -0.1) is 0 Å². The number of unbranched alkanes of at least 4 members (excludes halogenated alkanes) is 2. The van der Waals surface area contributed by atoms with Gasteiger partial charge in [0.2, 0.25) is 0 Å². The first-order chi connectivity index (χ1) is 5.72. The van der Waals surface area contributed by atoms with Crippen molar-refractivity contribution in [2.75, 3.05) is 6.61 Å². The fourth-order valence-corrected chi connectivity index (χ4v) is 1.06. The van der Waals surface area contributed by atoms with Gasteiger partial charge in [0.1, 0.15) is 0 Å². The zero-order chi connectivity index (χ0) is 9.40. The zero-order valence-corrected chi connectivity index (χ0v) is 9.19. The van der Waals surface area contributed by atoms with E-state index < -0.39 is 0 Å². The lowest BCUT2D eigenvalue weighted by Crippen LogP contribution is -2.03. The average Bonchev–Trinajstić information content (AvgIpc) is 2.05. The molecule has 0 saturated carbocycles. The van der Waals surface area contributed by atoms with Crippen LogP contribution in [0.4, 0.5) is 0 Å². The Morgan fingerprint density at radius 2 is 2.17 bits per heavy atom. The molecule has 0 radical (unpaired) electrons. The van der Waals surface area contributed by atoms with Crippen LogP contribution < -0.4 is 0 Å². The van der Waals surface area contributed by atoms with E-state index in [1.807, 2.05) is 6.08 Å². The van der Waals surface area contributed by atoms with Crippen LogP contribution in [0.1, 0.15) is 33.1 Å². The number of ether oxygens (including phenoxy) is 1. The SMILES string of the molecule is CCCCC=C(Br)C(=O)OCC. The predicted octanol–water partition coefficient (Wildman–Crippen LogP) is 3.02. The summed E-state index contributed by atoms with van der Waals surface area (Å²) in [5.74, 6) is -0.270. The first-order valence-corrected chi connectivity index (χ1v) is 5.04. The molecule has 0 aliphatic heterocycles. The molecule has 0 heterocycles. The molecule has 0 N–H and O–H groups in total. The van der Waals surface area contributed by atoms with Gasteiger partial charge in [0.15, 0.2) is 0 Å². The van der Waals surface area contributed by atoms with Crippen molar-refractivity contribution in [1.82, 2.24) is 0 Å². The Kier molecular flexibility index (Phi) is 7.16. The van der Waals surface area contributed by atoms with E-state index >= 15 is 0 Å². The van der Waals surface area contributed by atoms with Crippen molar-refractivity contribution in [3.63, 3.8) is 0 Å². The van der Waals surface area contributed by atoms with Crippen LogP contribution in [-0.2, 0) is 9.53 Å². The van der Waals surface area contributed by atoms with Crippen LogP contribution in [0.15, 0.2) is 10.6 Å². The third-order valence-electron chi connectivity index (χ3n) is 1.35. The zero-order valence-electron chi connectivity index (χ0n) is 7.60. The maximum absolute atomic E-state index is 11.0. The number of carbonyl (C=O) groups excluding carboxylic acids is 1. The molecule has 12 heavy (non-hydrogen) atoms. The predicted molar refractivity (Wildman–Crippen MR) is 53.2 cm³/mol. The van der Waals surface area contributed by atoms with Gasteiger partial charge in [0, 0.05) is 0 Å². The molecule has 0 atom stereocenters. The van der Waals surface area contributed by atoms with Gasteiger partial charge in [-0.25, -0.2) is 4.79 Å². The Bertz CT molecular complexity index is 164. The molecule has 0 amide bonds. The Balaban J connectivity index is 3.74. The molecule has 3 heteroatoms. The summed E-state index contributed by atoms with van der Waals surface area (Å²) < 4.78 is 5.32. The molecular weight excluding hydrogens is 220 g/mol. The second-order valence-corrected chi connectivity index (χ2v) is 3.27. The van der Waals surface area contributed by atoms with E-state index in [1.54, 1.807) is 6.92 Å². The first-order valence-electron chi connectivity index (χ1n) is 4.25. The number of esters is 1. The fraction of sp³-hybridized carbons (Fsp3) is 0.667. The van der Waals surface area contributed by atoms with E-state index in [4.69, 9.17) is 4.74 Å². The molecule has 0 aromatic carbocycles. The van der Waals surface area contributed by atoms with E-state index in [0.717, 1.165) is 19.3 Å². The quantitative estimate of drug-likeness (QED) is 0.416. The summed E-state index contributed by atoms with van der Waals surface area (Å²) in [6.45, 7) is 4.34. The molecule has 0 aromatic rings. The van der Waals surface area contributed by atoms with Gasteiger partial charge >= 0.3 is 5.97 Å². The Labute approximate surface area is 82.1 Å². The third kappa shape index (κ3) is 5.35. The van der Waals surface area contributed by atoms with Gasteiger partial charge in [0.25, 0.3) is 0 Å². The summed E-state index contributed by atoms with van der Waals surface area (Å²) in [6.07, 6.45) is 5.03. The average molecular weight is 235 g/mol. The molecule has 0 saturated heterocycles. The highest BCUT2D eigenvalue weighted by atomic mass is 79.9. The summed E-state index contributed by atoms with van der Waals surface area (Å²) in [4.78, 5) is 11.0. The maximum atomic E-state index is 11.0. The molecular formula is C9H15BrO2. The van der Waals surface area contributed by atoms with Crippen LogP contribution in [-0.4, -0.2) is 12.6 Å². The van der Waals surface area contributed by atoms with Crippen LogP contribution in [0.25, 0.3) is 0 Å². The lowest BCUT2D eigenvalue weighted by Gasteiger charge is -1.99. The summed E-state index contributed by atoms with van der Waals surface area (Å²) in [5, 5.41) is 0. The van der Waals surface area contributed by atoms with Gasteiger partial charge in [-0.3, -0.25) is 0 Å². The number of allylic oxidation sites excluding steroid dienone is 1. The second kappa shape index (κ2) is 7.35. The van der Waals surface area contributed by atoms with Crippen LogP contribution in [0.3, 0.4) is 0 Å². The van der Waals surface area contributed by atoms with Crippen LogP contribution >= 0.6 is 15.9 Å². The highest BCUT2D eigenvalue weighted by Crippen LogP contribution is 2.10. The maximum Gasteiger partial charge on any atom is 0.344 e. The molecule has 0 unspecified atom stereocenters. The van der Waals surface area contributed by atoms with Crippen molar-refractivity contribution in [3.05, 3.63) is 10.6 Å². The lowest BCUT2D eigenvalue weighted by molar-refractivity contribution is -0.137. The number of halogens is 1. The summed E-state index contributed by atoms with van der Waals surface area (Å²) in [5.41, 5.74) is 0. The Morgan fingerprint density at radius 3 is 2.67 bits per heavy atom. The van der Waals surface area contributed by atoms with Crippen molar-refractivity contribution in [3.8, 4) is 0 Å². The smallest absolute Gasteiger partial charge is 0.344 e. The Morgan fingerprint density at radius 1 is 1.50 bits per heavy atom. The minimum absolute atomic E-state index is 0.270. The van der Waals surface area contributed by atoms with Gasteiger partial charge in [-0.05, 0) is 29.3 Å². The molecule has 0 aliphatic rings. The third-order valence-corrected chi connectivity index (χ3v) is 2.00. The van der Waals surface area contributed by atoms with Gasteiger partial charge in [0.05, 0.1) is 11.1 Å². The van der Waals surface area contributed by atoms with Crippen LogP contribution in [0.5, 0.6) is 0 Å². The highest BCUT2D eigenvalue weighted by Gasteiger charge is 2.04. The minimum Gasteiger partial charge on any atom is -0.462 e. The van der Waals surface area contributed by atoms with Gasteiger partial charge in [-0.1, -0.05) is 25.8 Å². The van der Waals surface area contributed by atoms with Crippen molar-refractivity contribution < 1.29 is 9.53 Å². The van der Waals surface area contributed by atoms with E-state index in [1.165, 1.54) is 0 Å². The van der Waals surface area contributed by atoms with Crippen molar-refractivity contribution in [1.29, 1.82) is 0 Å². The number of carbonyl (C=O) groups is 1. The van der Waals surface area contributed by atoms with E-state index in [0.29, 0.717) is 11.1 Å². The number of hydrogen-bond acceptors (Lipinski definition) is 2. The number of rotatable bonds is 5. The molecule has 2 nitrogen and oxygen atoms in total. The molecule has 0 spiro atoms.